The van der Waals surface area contributed by atoms with Crippen LogP contribution in [0.25, 0.3) is 0 Å². The highest BCUT2D eigenvalue weighted by Gasteiger charge is 2.15. The first-order valence-corrected chi connectivity index (χ1v) is 3.68. The van der Waals surface area contributed by atoms with Crippen molar-refractivity contribution in [2.24, 2.45) is 0 Å². The van der Waals surface area contributed by atoms with Crippen LogP contribution in [0.3, 0.4) is 0 Å². The van der Waals surface area contributed by atoms with Gasteiger partial charge in [-0.3, -0.25) is 4.79 Å². The molecule has 0 aliphatic rings. The lowest BCUT2D eigenvalue weighted by Gasteiger charge is -2.11. The summed E-state index contributed by atoms with van der Waals surface area (Å²) >= 11 is 0. The molecular weight excluding hydrogens is 158 g/mol. The van der Waals surface area contributed by atoms with Gasteiger partial charge in [-0.05, 0) is 6.92 Å². The Morgan fingerprint density at radius 2 is 2.25 bits per heavy atom. The average Bonchev–Trinajstić information content (AvgIpc) is 2.00. The van der Waals surface area contributed by atoms with E-state index in [1.807, 2.05) is 0 Å². The number of hydrogen-bond donors (Lipinski definition) is 1. The predicted molar refractivity (Wildman–Crippen MR) is 44.4 cm³/mol. The molecule has 1 unspecified atom stereocenters. The monoisotopic (exact) mass is 171 g/mol. The zero-order valence-corrected chi connectivity index (χ0v) is 7.29. The average molecular weight is 171 g/mol. The summed E-state index contributed by atoms with van der Waals surface area (Å²) in [7, 11) is 0. The molecule has 0 rings (SSSR count). The Labute approximate surface area is 71.6 Å². The molecule has 68 valence electrons. The molecule has 1 atom stereocenters. The Bertz CT molecular complexity index is 189. The molecule has 0 radical (unpaired) electrons. The number of amides is 1. The number of hydrogen-bond acceptors (Lipinski definition) is 3. The van der Waals surface area contributed by atoms with E-state index in [2.05, 4.69) is 16.6 Å². The predicted octanol–water partition coefficient (Wildman–Crippen LogP) is 0.240. The topological polar surface area (TPSA) is 55.4 Å². The summed E-state index contributed by atoms with van der Waals surface area (Å²) in [6.45, 7) is 6.73. The van der Waals surface area contributed by atoms with Gasteiger partial charge in [0.25, 0.3) is 0 Å². The van der Waals surface area contributed by atoms with E-state index in [4.69, 9.17) is 0 Å². The highest BCUT2D eigenvalue weighted by atomic mass is 16.5. The van der Waals surface area contributed by atoms with E-state index in [9.17, 15) is 9.59 Å². The molecule has 4 nitrogen and oxygen atoms in total. The lowest BCUT2D eigenvalue weighted by molar-refractivity contribution is -0.145. The highest BCUT2D eigenvalue weighted by molar-refractivity contribution is 5.84. The van der Waals surface area contributed by atoms with Gasteiger partial charge in [0.1, 0.15) is 6.04 Å². The second-order valence-corrected chi connectivity index (χ2v) is 2.17. The first-order chi connectivity index (χ1) is 5.61. The van der Waals surface area contributed by atoms with Crippen LogP contribution in [0.15, 0.2) is 12.7 Å². The SMILES string of the molecule is C=CC(NC(C)=O)C(=O)OCC. The van der Waals surface area contributed by atoms with Gasteiger partial charge in [-0.25, -0.2) is 4.79 Å². The molecule has 0 aromatic carbocycles. The Morgan fingerprint density at radius 3 is 2.58 bits per heavy atom. The van der Waals surface area contributed by atoms with Crippen molar-refractivity contribution in [1.29, 1.82) is 0 Å². The van der Waals surface area contributed by atoms with Crippen LogP contribution in [0.1, 0.15) is 13.8 Å². The lowest BCUT2D eigenvalue weighted by Crippen LogP contribution is -2.39. The van der Waals surface area contributed by atoms with Gasteiger partial charge in [0.05, 0.1) is 6.61 Å². The molecule has 0 bridgehead atoms. The molecule has 12 heavy (non-hydrogen) atoms. The van der Waals surface area contributed by atoms with Gasteiger partial charge < -0.3 is 10.1 Å². The Hall–Kier alpha value is -1.32. The van der Waals surface area contributed by atoms with Gasteiger partial charge in [-0.1, -0.05) is 6.08 Å². The third-order valence-electron chi connectivity index (χ3n) is 1.13. The Kier molecular flexibility index (Phi) is 4.76. The third kappa shape index (κ3) is 3.75. The summed E-state index contributed by atoms with van der Waals surface area (Å²) in [5.41, 5.74) is 0. The molecule has 0 aliphatic carbocycles. The fourth-order valence-corrected chi connectivity index (χ4v) is 0.665. The van der Waals surface area contributed by atoms with Crippen LogP contribution in [0.2, 0.25) is 0 Å². The van der Waals surface area contributed by atoms with Crippen LogP contribution >= 0.6 is 0 Å². The second kappa shape index (κ2) is 5.35. The van der Waals surface area contributed by atoms with Crippen LogP contribution in [0, 0.1) is 0 Å². The highest BCUT2D eigenvalue weighted by Crippen LogP contribution is 1.90. The summed E-state index contributed by atoms with van der Waals surface area (Å²) < 4.78 is 4.67. The summed E-state index contributed by atoms with van der Waals surface area (Å²) in [5, 5.41) is 2.38. The molecule has 0 heterocycles. The number of carbonyl (C=O) groups is 2. The smallest absolute Gasteiger partial charge is 0.332 e. The van der Waals surface area contributed by atoms with Gasteiger partial charge in [-0.2, -0.15) is 0 Å². The van der Waals surface area contributed by atoms with E-state index in [-0.39, 0.29) is 5.91 Å². The van der Waals surface area contributed by atoms with E-state index in [1.54, 1.807) is 6.92 Å². The van der Waals surface area contributed by atoms with Crippen molar-refractivity contribution in [1.82, 2.24) is 5.32 Å². The fourth-order valence-electron chi connectivity index (χ4n) is 0.665. The molecule has 0 fully saturated rings. The Balaban J connectivity index is 4.05. The van der Waals surface area contributed by atoms with Crippen LogP contribution < -0.4 is 5.32 Å². The van der Waals surface area contributed by atoms with Crippen molar-refractivity contribution in [3.63, 3.8) is 0 Å². The normalized spacial score (nSPS) is 11.5. The van der Waals surface area contributed by atoms with Crippen molar-refractivity contribution in [3.05, 3.63) is 12.7 Å². The van der Waals surface area contributed by atoms with Crippen molar-refractivity contribution >= 4 is 11.9 Å². The molecule has 0 spiro atoms. The number of rotatable bonds is 4. The second-order valence-electron chi connectivity index (χ2n) is 2.17. The van der Waals surface area contributed by atoms with Gasteiger partial charge >= 0.3 is 5.97 Å². The van der Waals surface area contributed by atoms with Crippen LogP contribution in [-0.4, -0.2) is 24.5 Å². The lowest BCUT2D eigenvalue weighted by atomic mass is 10.3. The number of nitrogens with one attached hydrogen (secondary N) is 1. The van der Waals surface area contributed by atoms with E-state index >= 15 is 0 Å². The largest absolute Gasteiger partial charge is 0.464 e. The number of carbonyl (C=O) groups excluding carboxylic acids is 2. The summed E-state index contributed by atoms with van der Waals surface area (Å²) in [4.78, 5) is 21.6. The van der Waals surface area contributed by atoms with Crippen LogP contribution in [0.5, 0.6) is 0 Å². The molecule has 0 aliphatic heterocycles. The van der Waals surface area contributed by atoms with Crippen LogP contribution in [-0.2, 0) is 14.3 Å². The van der Waals surface area contributed by atoms with Crippen molar-refractivity contribution < 1.29 is 14.3 Å². The summed E-state index contributed by atoms with van der Waals surface area (Å²) in [6, 6.07) is -0.734. The minimum atomic E-state index is -0.734. The van der Waals surface area contributed by atoms with Gasteiger partial charge in [-0.15, -0.1) is 6.58 Å². The molecule has 1 N–H and O–H groups in total. The molecule has 0 saturated heterocycles. The van der Waals surface area contributed by atoms with Gasteiger partial charge in [0, 0.05) is 6.92 Å². The van der Waals surface area contributed by atoms with Gasteiger partial charge in [0.15, 0.2) is 0 Å². The van der Waals surface area contributed by atoms with Crippen molar-refractivity contribution in [2.75, 3.05) is 6.61 Å². The minimum absolute atomic E-state index is 0.284. The van der Waals surface area contributed by atoms with Gasteiger partial charge in [0.2, 0.25) is 5.91 Å². The number of ether oxygens (including phenoxy) is 1. The molecule has 0 aromatic rings. The van der Waals surface area contributed by atoms with E-state index < -0.39 is 12.0 Å². The van der Waals surface area contributed by atoms with E-state index in [1.165, 1.54) is 13.0 Å². The first-order valence-electron chi connectivity index (χ1n) is 3.68. The minimum Gasteiger partial charge on any atom is -0.464 e. The summed E-state index contributed by atoms with van der Waals surface area (Å²) in [6.07, 6.45) is 1.33. The maximum absolute atomic E-state index is 11.0. The maximum atomic E-state index is 11.0. The van der Waals surface area contributed by atoms with Crippen molar-refractivity contribution in [3.8, 4) is 0 Å². The van der Waals surface area contributed by atoms with Crippen molar-refractivity contribution in [2.45, 2.75) is 19.9 Å². The third-order valence-corrected chi connectivity index (χ3v) is 1.13. The Morgan fingerprint density at radius 1 is 1.67 bits per heavy atom. The molecular formula is C8H13NO3. The number of esters is 1. The standard InChI is InChI=1S/C8H13NO3/c1-4-7(9-6(3)10)8(11)12-5-2/h4,7H,1,5H2,2-3H3,(H,9,10). The van der Waals surface area contributed by atoms with E-state index in [0.717, 1.165) is 0 Å². The van der Waals surface area contributed by atoms with Crippen LogP contribution in [0.4, 0.5) is 0 Å². The van der Waals surface area contributed by atoms with E-state index in [0.29, 0.717) is 6.61 Å². The molecule has 4 heteroatoms. The zero-order valence-electron chi connectivity index (χ0n) is 7.29. The molecule has 0 saturated carbocycles. The summed E-state index contributed by atoms with van der Waals surface area (Å²) in [5.74, 6) is -0.768. The zero-order chi connectivity index (χ0) is 9.56. The maximum Gasteiger partial charge on any atom is 0.332 e. The molecule has 1 amide bonds. The first kappa shape index (κ1) is 10.7. The fraction of sp³-hybridized carbons (Fsp3) is 0.500. The molecule has 0 aromatic heterocycles. The quantitative estimate of drug-likeness (QED) is 0.487.